The molecule has 168 valence electrons. The molecule has 2 aromatic carbocycles. The molecule has 0 fully saturated rings. The number of carbonyl (C=O) groups excluding carboxylic acids is 1. The minimum Gasteiger partial charge on any atom is -0.434 e. The number of fused-ring (bicyclic) bond motifs is 1. The average Bonchev–Trinajstić information content (AvgIpc) is 3.32. The average molecular weight is 477 g/mol. The van der Waals surface area contributed by atoms with Gasteiger partial charge in [-0.25, -0.2) is 23.4 Å². The number of ether oxygens (including phenoxy) is 1. The molecule has 0 atom stereocenters. The van der Waals surface area contributed by atoms with Gasteiger partial charge >= 0.3 is 0 Å². The van der Waals surface area contributed by atoms with Gasteiger partial charge in [-0.2, -0.15) is 5.10 Å². The number of benzene rings is 2. The van der Waals surface area contributed by atoms with Crippen LogP contribution in [-0.2, 0) is 0 Å². The molecular weight excluding hydrogens is 464 g/mol. The molecule has 34 heavy (non-hydrogen) atoms. The molecule has 0 aliphatic carbocycles. The smallest absolute Gasteiger partial charge is 0.280 e. The van der Waals surface area contributed by atoms with Crippen molar-refractivity contribution < 1.29 is 18.3 Å². The number of rotatable bonds is 5. The van der Waals surface area contributed by atoms with E-state index in [4.69, 9.17) is 4.74 Å². The van der Waals surface area contributed by atoms with Crippen LogP contribution in [0, 0.1) is 11.6 Å². The number of amides is 1. The van der Waals surface area contributed by atoms with E-state index in [1.54, 1.807) is 6.07 Å². The van der Waals surface area contributed by atoms with Crippen LogP contribution in [-0.4, -0.2) is 25.7 Å². The molecule has 0 saturated carbocycles. The third-order valence-corrected chi connectivity index (χ3v) is 5.61. The first kappa shape index (κ1) is 21.3. The van der Waals surface area contributed by atoms with Gasteiger partial charge in [-0.05, 0) is 47.8 Å². The van der Waals surface area contributed by atoms with Gasteiger partial charge in [0.15, 0.2) is 17.3 Å². The van der Waals surface area contributed by atoms with Crippen molar-refractivity contribution >= 4 is 33.1 Å². The van der Waals surface area contributed by atoms with Crippen molar-refractivity contribution in [2.75, 3.05) is 5.32 Å². The second-order valence-electron chi connectivity index (χ2n) is 6.96. The van der Waals surface area contributed by atoms with Crippen LogP contribution in [0.3, 0.4) is 0 Å². The number of hydrogen-bond donors (Lipinski definition) is 1. The Hall–Kier alpha value is -4.51. The van der Waals surface area contributed by atoms with Crippen molar-refractivity contribution in [3.8, 4) is 17.3 Å². The van der Waals surface area contributed by atoms with Gasteiger partial charge in [0.1, 0.15) is 16.8 Å². The Morgan fingerprint density at radius 1 is 1.03 bits per heavy atom. The van der Waals surface area contributed by atoms with Crippen LogP contribution in [0.4, 0.5) is 14.5 Å². The van der Waals surface area contributed by atoms with Gasteiger partial charge in [0.2, 0.25) is 11.3 Å². The zero-order valence-electron chi connectivity index (χ0n) is 17.1. The second-order valence-corrected chi connectivity index (χ2v) is 7.88. The van der Waals surface area contributed by atoms with Crippen molar-refractivity contribution in [3.63, 3.8) is 0 Å². The maximum absolute atomic E-state index is 14.7. The summed E-state index contributed by atoms with van der Waals surface area (Å²) in [4.78, 5) is 33.0. The Labute approximate surface area is 194 Å². The Balaban J connectivity index is 1.36. The summed E-state index contributed by atoms with van der Waals surface area (Å²) in [5.74, 6) is -1.89. The standard InChI is InChI=1S/C23H13F2N5O3S/c24-13-1-4-15(5-2-13)30-9-7-18(31)20(29-30)22(32)28-14-3-6-19(16(25)11-14)33-23-21-17(8-10-34-21)26-12-27-23/h1-12H,(H,28,32). The largest absolute Gasteiger partial charge is 0.434 e. The summed E-state index contributed by atoms with van der Waals surface area (Å²) >= 11 is 1.36. The summed E-state index contributed by atoms with van der Waals surface area (Å²) in [6, 6.07) is 12.1. The fourth-order valence-corrected chi connectivity index (χ4v) is 3.87. The van der Waals surface area contributed by atoms with E-state index in [0.29, 0.717) is 15.9 Å². The molecule has 0 spiro atoms. The highest BCUT2D eigenvalue weighted by Gasteiger charge is 2.16. The quantitative estimate of drug-likeness (QED) is 0.399. The minimum atomic E-state index is -0.828. The van der Waals surface area contributed by atoms with Gasteiger partial charge < -0.3 is 10.1 Å². The van der Waals surface area contributed by atoms with Gasteiger partial charge in [-0.15, -0.1) is 11.3 Å². The van der Waals surface area contributed by atoms with E-state index in [1.807, 2.05) is 5.38 Å². The molecule has 0 saturated heterocycles. The van der Waals surface area contributed by atoms with Crippen molar-refractivity contribution in [1.82, 2.24) is 19.7 Å². The highest BCUT2D eigenvalue weighted by molar-refractivity contribution is 7.17. The number of anilines is 1. The van der Waals surface area contributed by atoms with Gasteiger partial charge in [-0.3, -0.25) is 9.59 Å². The van der Waals surface area contributed by atoms with Crippen LogP contribution in [0.5, 0.6) is 11.6 Å². The monoisotopic (exact) mass is 477 g/mol. The molecular formula is C23H13F2N5O3S. The van der Waals surface area contributed by atoms with E-state index in [1.165, 1.54) is 64.9 Å². The molecule has 1 N–H and O–H groups in total. The summed E-state index contributed by atoms with van der Waals surface area (Å²) in [6.45, 7) is 0. The van der Waals surface area contributed by atoms with Crippen LogP contribution >= 0.6 is 11.3 Å². The molecule has 0 aliphatic heterocycles. The third-order valence-electron chi connectivity index (χ3n) is 4.72. The summed E-state index contributed by atoms with van der Waals surface area (Å²) < 4.78 is 35.4. The number of nitrogens with one attached hydrogen (secondary N) is 1. The molecule has 3 aromatic heterocycles. The Kier molecular flexibility index (Phi) is 5.52. The van der Waals surface area contributed by atoms with E-state index < -0.39 is 28.7 Å². The highest BCUT2D eigenvalue weighted by Crippen LogP contribution is 2.32. The number of hydrogen-bond acceptors (Lipinski definition) is 7. The van der Waals surface area contributed by atoms with E-state index in [9.17, 15) is 18.4 Å². The van der Waals surface area contributed by atoms with Gasteiger partial charge in [0.25, 0.3) is 5.91 Å². The molecule has 5 aromatic rings. The molecule has 0 unspecified atom stereocenters. The number of thiophene rings is 1. The van der Waals surface area contributed by atoms with Crippen molar-refractivity contribution in [2.45, 2.75) is 0 Å². The number of halogens is 2. The molecule has 11 heteroatoms. The van der Waals surface area contributed by atoms with Gasteiger partial charge in [0, 0.05) is 24.0 Å². The SMILES string of the molecule is O=C(Nc1ccc(Oc2ncnc3ccsc23)c(F)c1)c1nn(-c2ccc(F)cc2)ccc1=O. The first-order valence-electron chi connectivity index (χ1n) is 9.81. The van der Waals surface area contributed by atoms with E-state index in [2.05, 4.69) is 20.4 Å². The van der Waals surface area contributed by atoms with Crippen LogP contribution in [0.2, 0.25) is 0 Å². The van der Waals surface area contributed by atoms with Crippen LogP contribution in [0.15, 0.2) is 77.3 Å². The van der Waals surface area contributed by atoms with Crippen LogP contribution in [0.1, 0.15) is 10.5 Å². The van der Waals surface area contributed by atoms with Gasteiger partial charge in [-0.1, -0.05) is 0 Å². The Morgan fingerprint density at radius 2 is 1.85 bits per heavy atom. The van der Waals surface area contributed by atoms with E-state index >= 15 is 0 Å². The topological polar surface area (TPSA) is 99.0 Å². The molecule has 0 bridgehead atoms. The molecule has 5 rings (SSSR count). The molecule has 3 heterocycles. The lowest BCUT2D eigenvalue weighted by Crippen LogP contribution is -2.25. The molecule has 0 radical (unpaired) electrons. The molecule has 0 aliphatic rings. The van der Waals surface area contributed by atoms with Crippen molar-refractivity contribution in [1.29, 1.82) is 0 Å². The summed E-state index contributed by atoms with van der Waals surface area (Å²) in [5.41, 5.74) is 0.194. The summed E-state index contributed by atoms with van der Waals surface area (Å²) in [5, 5.41) is 8.30. The van der Waals surface area contributed by atoms with E-state index in [-0.39, 0.29) is 17.3 Å². The maximum Gasteiger partial charge on any atom is 0.280 e. The number of aromatic nitrogens is 4. The maximum atomic E-state index is 14.7. The number of carbonyl (C=O) groups is 1. The molecule has 8 nitrogen and oxygen atoms in total. The Bertz CT molecular complexity index is 1580. The van der Waals surface area contributed by atoms with Gasteiger partial charge in [0.05, 0.1) is 11.2 Å². The zero-order chi connectivity index (χ0) is 23.7. The Morgan fingerprint density at radius 3 is 2.65 bits per heavy atom. The zero-order valence-corrected chi connectivity index (χ0v) is 17.9. The number of nitrogens with zero attached hydrogens (tertiary/aromatic N) is 4. The fourth-order valence-electron chi connectivity index (χ4n) is 3.10. The van der Waals surface area contributed by atoms with Crippen LogP contribution < -0.4 is 15.5 Å². The minimum absolute atomic E-state index is 0.0945. The highest BCUT2D eigenvalue weighted by atomic mass is 32.1. The predicted molar refractivity (Wildman–Crippen MR) is 122 cm³/mol. The van der Waals surface area contributed by atoms with E-state index in [0.717, 1.165) is 12.1 Å². The third kappa shape index (κ3) is 4.24. The first-order chi connectivity index (χ1) is 16.5. The van der Waals surface area contributed by atoms with Crippen LogP contribution in [0.25, 0.3) is 15.9 Å². The summed E-state index contributed by atoms with van der Waals surface area (Å²) in [6.07, 6.45) is 2.68. The summed E-state index contributed by atoms with van der Waals surface area (Å²) in [7, 11) is 0. The first-order valence-corrected chi connectivity index (χ1v) is 10.7. The lowest BCUT2D eigenvalue weighted by atomic mass is 10.2. The second kappa shape index (κ2) is 8.79. The lowest BCUT2D eigenvalue weighted by Gasteiger charge is -2.10. The lowest BCUT2D eigenvalue weighted by molar-refractivity contribution is 0.101. The predicted octanol–water partition coefficient (Wildman–Crippen LogP) is 4.56. The fraction of sp³-hybridized carbons (Fsp3) is 0. The van der Waals surface area contributed by atoms with Crippen molar-refractivity contribution in [2.24, 2.45) is 0 Å². The molecule has 1 amide bonds. The van der Waals surface area contributed by atoms with Crippen molar-refractivity contribution in [3.05, 3.63) is 100 Å². The normalized spacial score (nSPS) is 10.9.